The zero-order valence-corrected chi connectivity index (χ0v) is 9.51. The fraction of sp³-hybridized carbons (Fsp3) is 0.400. The molecule has 1 rings (SSSR count). The van der Waals surface area contributed by atoms with E-state index in [1.165, 1.54) is 12.1 Å². The third-order valence-electron chi connectivity index (χ3n) is 1.96. The van der Waals surface area contributed by atoms with Gasteiger partial charge in [0.2, 0.25) is 11.6 Å². The van der Waals surface area contributed by atoms with Crippen LogP contribution in [0.2, 0.25) is 0 Å². The second kappa shape index (κ2) is 5.77. The Labute approximate surface area is 98.2 Å². The molecular formula is C10H12N4O3. The van der Waals surface area contributed by atoms with E-state index in [0.29, 0.717) is 6.54 Å². The van der Waals surface area contributed by atoms with E-state index in [9.17, 15) is 10.1 Å². The van der Waals surface area contributed by atoms with Gasteiger partial charge in [0.15, 0.2) is 0 Å². The molecule has 0 amide bonds. The maximum atomic E-state index is 10.6. The Hall–Kier alpha value is -2.20. The molecule has 1 aromatic rings. The van der Waals surface area contributed by atoms with Crippen molar-refractivity contribution in [2.45, 2.75) is 13.0 Å². The molecule has 0 fully saturated rings. The Morgan fingerprint density at radius 2 is 2.41 bits per heavy atom. The summed E-state index contributed by atoms with van der Waals surface area (Å²) in [5.74, 6) is 0.204. The molecule has 1 atom stereocenters. The van der Waals surface area contributed by atoms with Crippen molar-refractivity contribution in [2.75, 3.05) is 13.6 Å². The number of nitro groups is 1. The van der Waals surface area contributed by atoms with Crippen LogP contribution in [0, 0.1) is 21.4 Å². The van der Waals surface area contributed by atoms with Crippen molar-refractivity contribution in [3.8, 4) is 11.9 Å². The third kappa shape index (κ3) is 3.39. The van der Waals surface area contributed by atoms with E-state index in [1.807, 2.05) is 6.92 Å². The summed E-state index contributed by atoms with van der Waals surface area (Å²) < 4.78 is 5.38. The van der Waals surface area contributed by atoms with Crippen LogP contribution in [0.3, 0.4) is 0 Å². The number of nitrogens with one attached hydrogen (secondary N) is 1. The Bertz CT molecular complexity index is 455. The summed E-state index contributed by atoms with van der Waals surface area (Å²) in [5, 5.41) is 22.2. The van der Waals surface area contributed by atoms with Crippen molar-refractivity contribution < 1.29 is 9.66 Å². The lowest BCUT2D eigenvalue weighted by Gasteiger charge is -2.12. The van der Waals surface area contributed by atoms with Gasteiger partial charge in [0.05, 0.1) is 4.92 Å². The molecule has 90 valence electrons. The topological polar surface area (TPSA) is 101 Å². The summed E-state index contributed by atoms with van der Waals surface area (Å²) >= 11 is 0. The van der Waals surface area contributed by atoms with Gasteiger partial charge in [-0.2, -0.15) is 10.2 Å². The monoisotopic (exact) mass is 236 g/mol. The maximum absolute atomic E-state index is 10.6. The third-order valence-corrected chi connectivity index (χ3v) is 1.96. The molecule has 1 aromatic heterocycles. The van der Waals surface area contributed by atoms with Gasteiger partial charge < -0.3 is 10.1 Å². The first kappa shape index (κ1) is 12.9. The lowest BCUT2D eigenvalue weighted by molar-refractivity contribution is -0.385. The zero-order chi connectivity index (χ0) is 12.8. The SMILES string of the molecule is CNCC(C)Oc1ccc([N+](=O)[O-])c(C#N)n1. The molecule has 0 aromatic carbocycles. The van der Waals surface area contributed by atoms with E-state index in [0.717, 1.165) is 0 Å². The second-order valence-corrected chi connectivity index (χ2v) is 3.37. The van der Waals surface area contributed by atoms with Gasteiger partial charge in [-0.05, 0) is 14.0 Å². The Morgan fingerprint density at radius 1 is 1.71 bits per heavy atom. The lowest BCUT2D eigenvalue weighted by atomic mass is 10.3. The van der Waals surface area contributed by atoms with Gasteiger partial charge in [-0.15, -0.1) is 0 Å². The predicted molar refractivity (Wildman–Crippen MR) is 59.6 cm³/mol. The van der Waals surface area contributed by atoms with Crippen molar-refractivity contribution in [1.82, 2.24) is 10.3 Å². The lowest BCUT2D eigenvalue weighted by Crippen LogP contribution is -2.26. The minimum Gasteiger partial charge on any atom is -0.473 e. The van der Waals surface area contributed by atoms with Gasteiger partial charge in [-0.3, -0.25) is 10.1 Å². The summed E-state index contributed by atoms with van der Waals surface area (Å²) in [5.41, 5.74) is -0.565. The van der Waals surface area contributed by atoms with Crippen molar-refractivity contribution in [2.24, 2.45) is 0 Å². The van der Waals surface area contributed by atoms with Gasteiger partial charge in [0, 0.05) is 18.7 Å². The number of nitriles is 1. The van der Waals surface area contributed by atoms with Crippen molar-refractivity contribution in [3.05, 3.63) is 27.9 Å². The molecular weight excluding hydrogens is 224 g/mol. The molecule has 0 aliphatic heterocycles. The van der Waals surface area contributed by atoms with Gasteiger partial charge in [0.25, 0.3) is 0 Å². The molecule has 0 saturated carbocycles. The molecule has 0 aliphatic rings. The zero-order valence-electron chi connectivity index (χ0n) is 9.51. The number of ether oxygens (including phenoxy) is 1. The Kier molecular flexibility index (Phi) is 4.37. The van der Waals surface area contributed by atoms with E-state index < -0.39 is 4.92 Å². The van der Waals surface area contributed by atoms with Crippen molar-refractivity contribution in [3.63, 3.8) is 0 Å². The number of pyridine rings is 1. The van der Waals surface area contributed by atoms with Crippen LogP contribution in [0.4, 0.5) is 5.69 Å². The second-order valence-electron chi connectivity index (χ2n) is 3.37. The van der Waals surface area contributed by atoms with Crippen LogP contribution in [0.15, 0.2) is 12.1 Å². The predicted octanol–water partition coefficient (Wildman–Crippen LogP) is 0.848. The number of aromatic nitrogens is 1. The first-order chi connectivity index (χ1) is 8.08. The number of hydrogen-bond acceptors (Lipinski definition) is 6. The Balaban J connectivity index is 2.91. The van der Waals surface area contributed by atoms with Gasteiger partial charge in [-0.25, -0.2) is 0 Å². The highest BCUT2D eigenvalue weighted by Crippen LogP contribution is 2.19. The van der Waals surface area contributed by atoms with Crippen LogP contribution >= 0.6 is 0 Å². The van der Waals surface area contributed by atoms with Crippen molar-refractivity contribution >= 4 is 5.69 Å². The first-order valence-electron chi connectivity index (χ1n) is 4.95. The fourth-order valence-electron chi connectivity index (χ4n) is 1.26. The van der Waals surface area contributed by atoms with E-state index in [-0.39, 0.29) is 23.4 Å². The van der Waals surface area contributed by atoms with E-state index in [1.54, 1.807) is 13.1 Å². The summed E-state index contributed by atoms with van der Waals surface area (Å²) in [6, 6.07) is 4.27. The first-order valence-corrected chi connectivity index (χ1v) is 4.95. The van der Waals surface area contributed by atoms with Crippen LogP contribution in [-0.2, 0) is 0 Å². The number of nitrogens with zero attached hydrogens (tertiary/aromatic N) is 3. The molecule has 1 heterocycles. The summed E-state index contributed by atoms with van der Waals surface area (Å²) in [6.07, 6.45) is -0.138. The van der Waals surface area contributed by atoms with E-state index in [2.05, 4.69) is 10.3 Å². The molecule has 0 bridgehead atoms. The average molecular weight is 236 g/mol. The highest BCUT2D eigenvalue weighted by molar-refractivity contribution is 5.45. The normalized spacial score (nSPS) is 11.6. The fourth-order valence-corrected chi connectivity index (χ4v) is 1.26. The van der Waals surface area contributed by atoms with E-state index >= 15 is 0 Å². The molecule has 0 aliphatic carbocycles. The van der Waals surface area contributed by atoms with Gasteiger partial charge in [-0.1, -0.05) is 0 Å². The molecule has 7 heteroatoms. The smallest absolute Gasteiger partial charge is 0.305 e. The van der Waals surface area contributed by atoms with Crippen molar-refractivity contribution in [1.29, 1.82) is 5.26 Å². The molecule has 1 unspecified atom stereocenters. The molecule has 0 saturated heterocycles. The van der Waals surface area contributed by atoms with Crippen LogP contribution < -0.4 is 10.1 Å². The quantitative estimate of drug-likeness (QED) is 0.600. The van der Waals surface area contributed by atoms with E-state index in [4.69, 9.17) is 10.00 Å². The molecule has 0 spiro atoms. The summed E-state index contributed by atoms with van der Waals surface area (Å²) in [6.45, 7) is 2.44. The minimum absolute atomic E-state index is 0.138. The number of hydrogen-bond donors (Lipinski definition) is 1. The van der Waals surface area contributed by atoms with Crippen LogP contribution in [0.25, 0.3) is 0 Å². The highest BCUT2D eigenvalue weighted by atomic mass is 16.6. The van der Waals surface area contributed by atoms with Gasteiger partial charge >= 0.3 is 5.69 Å². The summed E-state index contributed by atoms with van der Waals surface area (Å²) in [4.78, 5) is 13.7. The van der Waals surface area contributed by atoms with Crippen LogP contribution in [-0.4, -0.2) is 29.6 Å². The minimum atomic E-state index is -0.646. The Morgan fingerprint density at radius 3 is 2.94 bits per heavy atom. The number of likely N-dealkylation sites (N-methyl/N-ethyl adjacent to an activating group) is 1. The molecule has 1 N–H and O–H groups in total. The molecule has 7 nitrogen and oxygen atoms in total. The standard InChI is InChI=1S/C10H12N4O3/c1-7(6-12-2)17-10-4-3-9(14(15)16)8(5-11)13-10/h3-4,7,12H,6H2,1-2H3. The number of rotatable bonds is 5. The maximum Gasteiger partial charge on any atom is 0.305 e. The highest BCUT2D eigenvalue weighted by Gasteiger charge is 2.16. The van der Waals surface area contributed by atoms with Gasteiger partial charge in [0.1, 0.15) is 12.2 Å². The summed E-state index contributed by atoms with van der Waals surface area (Å²) in [7, 11) is 1.78. The average Bonchev–Trinajstić information content (AvgIpc) is 2.28. The van der Waals surface area contributed by atoms with Crippen LogP contribution in [0.5, 0.6) is 5.88 Å². The molecule has 0 radical (unpaired) electrons. The van der Waals surface area contributed by atoms with Crippen LogP contribution in [0.1, 0.15) is 12.6 Å². The largest absolute Gasteiger partial charge is 0.473 e. The molecule has 17 heavy (non-hydrogen) atoms.